The van der Waals surface area contributed by atoms with Gasteiger partial charge in [0.2, 0.25) is 0 Å². The molecule has 0 fully saturated rings. The van der Waals surface area contributed by atoms with Crippen LogP contribution in [-0.2, 0) is 0 Å². The van der Waals surface area contributed by atoms with E-state index < -0.39 is 0 Å². The zero-order valence-corrected chi connectivity index (χ0v) is 17.3. The smallest absolute Gasteiger partial charge is 0.196 e. The highest BCUT2D eigenvalue weighted by Gasteiger charge is 2.19. The topological polar surface area (TPSA) is 76.5 Å². The molecule has 146 valence electrons. The molecule has 0 aliphatic carbocycles. The lowest BCUT2D eigenvalue weighted by Gasteiger charge is -2.12. The van der Waals surface area contributed by atoms with Crippen molar-refractivity contribution in [2.75, 3.05) is 5.75 Å². The Morgan fingerprint density at radius 2 is 1.83 bits per heavy atom. The Morgan fingerprint density at radius 1 is 1.07 bits per heavy atom. The summed E-state index contributed by atoms with van der Waals surface area (Å²) in [6.07, 6.45) is 3.47. The number of nitrogens with one attached hydrogen (secondary N) is 1. The quantitative estimate of drug-likeness (QED) is 0.377. The number of hydrogen-bond donors (Lipinski definition) is 1. The SMILES string of the molecule is Cc1cc(C(=O)CSc2nnc(-c3ccncc3)n2-c2ccccc2C)c(C)[nH]1. The highest BCUT2D eigenvalue weighted by Crippen LogP contribution is 2.29. The monoisotopic (exact) mass is 403 g/mol. The van der Waals surface area contributed by atoms with Crippen molar-refractivity contribution in [2.24, 2.45) is 0 Å². The van der Waals surface area contributed by atoms with Gasteiger partial charge >= 0.3 is 0 Å². The van der Waals surface area contributed by atoms with Crippen LogP contribution in [-0.4, -0.2) is 36.3 Å². The number of nitrogens with zero attached hydrogens (tertiary/aromatic N) is 4. The van der Waals surface area contributed by atoms with Crippen LogP contribution in [0.3, 0.4) is 0 Å². The third kappa shape index (κ3) is 3.86. The second-order valence-electron chi connectivity index (χ2n) is 6.87. The van der Waals surface area contributed by atoms with E-state index in [1.54, 1.807) is 12.4 Å². The summed E-state index contributed by atoms with van der Waals surface area (Å²) in [4.78, 5) is 20.0. The van der Waals surface area contributed by atoms with E-state index in [2.05, 4.69) is 33.2 Å². The van der Waals surface area contributed by atoms with E-state index in [0.717, 1.165) is 39.6 Å². The molecule has 0 spiro atoms. The van der Waals surface area contributed by atoms with Gasteiger partial charge < -0.3 is 4.98 Å². The van der Waals surface area contributed by atoms with Gasteiger partial charge in [-0.3, -0.25) is 14.3 Å². The normalized spacial score (nSPS) is 11.0. The molecule has 6 nitrogen and oxygen atoms in total. The number of H-pyrrole nitrogens is 1. The van der Waals surface area contributed by atoms with E-state index in [1.807, 2.05) is 54.8 Å². The highest BCUT2D eigenvalue weighted by atomic mass is 32.2. The van der Waals surface area contributed by atoms with Crippen molar-refractivity contribution in [2.45, 2.75) is 25.9 Å². The molecule has 4 aromatic rings. The summed E-state index contributed by atoms with van der Waals surface area (Å²) < 4.78 is 2.01. The predicted molar refractivity (Wildman–Crippen MR) is 115 cm³/mol. The van der Waals surface area contributed by atoms with Gasteiger partial charge in [-0.1, -0.05) is 30.0 Å². The Morgan fingerprint density at radius 3 is 2.52 bits per heavy atom. The minimum absolute atomic E-state index is 0.0710. The zero-order valence-electron chi connectivity index (χ0n) is 16.5. The maximum Gasteiger partial charge on any atom is 0.196 e. The molecule has 0 saturated carbocycles. The van der Waals surface area contributed by atoms with E-state index in [4.69, 9.17) is 0 Å². The van der Waals surface area contributed by atoms with Crippen molar-refractivity contribution in [3.8, 4) is 17.1 Å². The van der Waals surface area contributed by atoms with Gasteiger partial charge in [0.1, 0.15) is 0 Å². The third-order valence-electron chi connectivity index (χ3n) is 4.71. The number of pyridine rings is 1. The van der Waals surface area contributed by atoms with Gasteiger partial charge in [0.25, 0.3) is 0 Å². The Bertz CT molecular complexity index is 1160. The van der Waals surface area contributed by atoms with Gasteiger partial charge in [0.05, 0.1) is 11.4 Å². The van der Waals surface area contributed by atoms with Crippen LogP contribution in [0.2, 0.25) is 0 Å². The molecule has 4 rings (SSSR count). The van der Waals surface area contributed by atoms with Gasteiger partial charge in [0, 0.05) is 34.9 Å². The van der Waals surface area contributed by atoms with Crippen molar-refractivity contribution in [1.82, 2.24) is 24.7 Å². The molecule has 0 aliphatic heterocycles. The number of para-hydroxylation sites is 1. The summed E-state index contributed by atoms with van der Waals surface area (Å²) in [6.45, 7) is 5.92. The van der Waals surface area contributed by atoms with E-state index >= 15 is 0 Å². The van der Waals surface area contributed by atoms with Crippen LogP contribution in [0.5, 0.6) is 0 Å². The number of benzene rings is 1. The molecule has 0 unspecified atom stereocenters. The van der Waals surface area contributed by atoms with Gasteiger partial charge in [0.15, 0.2) is 16.8 Å². The third-order valence-corrected chi connectivity index (χ3v) is 5.64. The molecule has 29 heavy (non-hydrogen) atoms. The van der Waals surface area contributed by atoms with Crippen LogP contribution in [0.15, 0.2) is 60.0 Å². The average molecular weight is 404 g/mol. The minimum atomic E-state index is 0.0710. The first kappa shape index (κ1) is 19.1. The number of aromatic nitrogens is 5. The number of aromatic amines is 1. The summed E-state index contributed by atoms with van der Waals surface area (Å²) in [7, 11) is 0. The fourth-order valence-electron chi connectivity index (χ4n) is 3.30. The second-order valence-corrected chi connectivity index (χ2v) is 7.81. The summed E-state index contributed by atoms with van der Waals surface area (Å²) in [5.74, 6) is 1.09. The van der Waals surface area contributed by atoms with Crippen LogP contribution < -0.4 is 0 Å². The van der Waals surface area contributed by atoms with Gasteiger partial charge in [-0.05, 0) is 50.6 Å². The first-order chi connectivity index (χ1) is 14.0. The van der Waals surface area contributed by atoms with Crippen molar-refractivity contribution in [3.05, 3.63) is 77.4 Å². The Kier molecular flexibility index (Phi) is 5.31. The maximum atomic E-state index is 12.7. The largest absolute Gasteiger partial charge is 0.362 e. The van der Waals surface area contributed by atoms with Crippen molar-refractivity contribution in [3.63, 3.8) is 0 Å². The molecule has 3 aromatic heterocycles. The molecule has 1 N–H and O–H groups in total. The molecule has 0 radical (unpaired) electrons. The molecule has 7 heteroatoms. The molecule has 1 aromatic carbocycles. The first-order valence-corrected chi connectivity index (χ1v) is 10.3. The number of carbonyl (C=O) groups excluding carboxylic acids is 1. The highest BCUT2D eigenvalue weighted by molar-refractivity contribution is 7.99. The van der Waals surface area contributed by atoms with Gasteiger partial charge in [-0.25, -0.2) is 0 Å². The molecule has 0 aliphatic rings. The lowest BCUT2D eigenvalue weighted by molar-refractivity contribution is 0.102. The molecule has 0 atom stereocenters. The van der Waals surface area contributed by atoms with Crippen LogP contribution in [0.1, 0.15) is 27.3 Å². The van der Waals surface area contributed by atoms with Crippen LogP contribution >= 0.6 is 11.8 Å². The van der Waals surface area contributed by atoms with Crippen molar-refractivity contribution >= 4 is 17.5 Å². The van der Waals surface area contributed by atoms with Crippen LogP contribution in [0.25, 0.3) is 17.1 Å². The number of rotatable bonds is 6. The number of thioether (sulfide) groups is 1. The molecule has 0 bridgehead atoms. The lowest BCUT2D eigenvalue weighted by Crippen LogP contribution is -2.06. The number of Topliss-reactive ketones (excluding diaryl/α,β-unsaturated/α-hetero) is 1. The molecular weight excluding hydrogens is 382 g/mol. The number of carbonyl (C=O) groups is 1. The fourth-order valence-corrected chi connectivity index (χ4v) is 4.13. The number of aryl methyl sites for hydroxylation is 3. The van der Waals surface area contributed by atoms with Gasteiger partial charge in [-0.15, -0.1) is 10.2 Å². The summed E-state index contributed by atoms with van der Waals surface area (Å²) in [5.41, 5.74) is 5.63. The molecule has 0 saturated heterocycles. The Hall–Kier alpha value is -3.19. The van der Waals surface area contributed by atoms with Crippen molar-refractivity contribution < 1.29 is 4.79 Å². The average Bonchev–Trinajstić information content (AvgIpc) is 3.29. The Labute approximate surface area is 173 Å². The Balaban J connectivity index is 1.70. The molecule has 0 amide bonds. The summed E-state index contributed by atoms with van der Waals surface area (Å²) >= 11 is 1.40. The molecule has 3 heterocycles. The predicted octanol–water partition coefficient (Wildman–Crippen LogP) is 4.56. The molecular formula is C22H21N5OS. The van der Waals surface area contributed by atoms with E-state index in [-0.39, 0.29) is 5.78 Å². The van der Waals surface area contributed by atoms with Crippen LogP contribution in [0.4, 0.5) is 0 Å². The van der Waals surface area contributed by atoms with E-state index in [1.165, 1.54) is 11.8 Å². The van der Waals surface area contributed by atoms with Crippen molar-refractivity contribution in [1.29, 1.82) is 0 Å². The van der Waals surface area contributed by atoms with Crippen LogP contribution in [0, 0.1) is 20.8 Å². The second kappa shape index (κ2) is 8.05. The van der Waals surface area contributed by atoms with E-state index in [9.17, 15) is 4.79 Å². The lowest BCUT2D eigenvalue weighted by atomic mass is 10.2. The van der Waals surface area contributed by atoms with Gasteiger partial charge in [-0.2, -0.15) is 0 Å². The first-order valence-electron chi connectivity index (χ1n) is 9.28. The minimum Gasteiger partial charge on any atom is -0.362 e. The zero-order chi connectivity index (χ0) is 20.4. The summed E-state index contributed by atoms with van der Waals surface area (Å²) in [5, 5.41) is 9.51. The maximum absolute atomic E-state index is 12.7. The number of ketones is 1. The fraction of sp³-hybridized carbons (Fsp3) is 0.182. The standard InChI is InChI=1S/C22H21N5OS/c1-14-6-4-5-7-19(14)27-21(17-8-10-23-11-9-17)25-26-22(27)29-13-20(28)18-12-15(2)24-16(18)3/h4-12,24H,13H2,1-3H3. The summed E-state index contributed by atoms with van der Waals surface area (Å²) in [6, 6.07) is 13.8. The van der Waals surface area contributed by atoms with E-state index in [0.29, 0.717) is 10.9 Å². The number of hydrogen-bond acceptors (Lipinski definition) is 5.